The van der Waals surface area contributed by atoms with Crippen molar-refractivity contribution in [1.29, 1.82) is 0 Å². The summed E-state index contributed by atoms with van der Waals surface area (Å²) in [5.74, 6) is -0.877. The van der Waals surface area contributed by atoms with E-state index >= 15 is 0 Å². The number of hydrogen-bond acceptors (Lipinski definition) is 6. The summed E-state index contributed by atoms with van der Waals surface area (Å²) in [4.78, 5) is 38.0. The molecule has 0 rings (SSSR count). The summed E-state index contributed by atoms with van der Waals surface area (Å²) in [6, 6.07) is 0. The lowest BCUT2D eigenvalue weighted by Gasteiger charge is -2.18. The normalized spacial score (nSPS) is 12.5. The highest BCUT2D eigenvalue weighted by atomic mass is 16.6. The molecule has 6 nitrogen and oxygen atoms in total. The molecule has 1 atom stereocenters. The Balaban J connectivity index is 4.14. The first-order valence-corrected chi connectivity index (χ1v) is 28.8. The summed E-state index contributed by atoms with van der Waals surface area (Å²) in [6.45, 7) is 6.50. The molecule has 388 valence electrons. The molecular weight excluding hydrogens is 829 g/mol. The van der Waals surface area contributed by atoms with Crippen molar-refractivity contribution >= 4 is 17.9 Å². The van der Waals surface area contributed by atoms with E-state index in [1.165, 1.54) is 161 Å². The van der Waals surface area contributed by atoms with E-state index in [1.807, 2.05) is 0 Å². The number of carbonyl (C=O) groups is 3. The van der Waals surface area contributed by atoms with Crippen LogP contribution in [0.15, 0.2) is 60.8 Å². The summed E-state index contributed by atoms with van der Waals surface area (Å²) in [7, 11) is 0. The monoisotopic (exact) mass is 937 g/mol. The first kappa shape index (κ1) is 64.1. The number of carbonyl (C=O) groups excluding carboxylic acids is 3. The summed E-state index contributed by atoms with van der Waals surface area (Å²) in [5, 5.41) is 0. The average Bonchev–Trinajstić information content (AvgIpc) is 3.33. The van der Waals surface area contributed by atoms with Crippen LogP contribution in [0.3, 0.4) is 0 Å². The standard InChI is InChI=1S/C61H108O6/c1-4-7-10-13-16-19-21-23-24-25-26-27-28-29-30-31-32-33-34-35-36-38-39-42-45-48-51-54-60(63)66-57-58(56-65-59(62)53-50-47-44-41-18-15-12-9-6-3)67-61(64)55-52-49-46-43-40-37-22-20-17-14-11-8-5-2/h7,10,16,19-20,22-24,26-27,58H,4-6,8-9,11-15,17-18,21,25,28-57H2,1-3H3/b10-7-,19-16-,22-20-,24-23-,27-26-. The Morgan fingerprint density at radius 1 is 0.313 bits per heavy atom. The molecule has 0 aliphatic heterocycles. The molecule has 0 saturated carbocycles. The molecule has 0 aromatic carbocycles. The van der Waals surface area contributed by atoms with Crippen molar-refractivity contribution in [2.75, 3.05) is 13.2 Å². The Hall–Kier alpha value is -2.89. The van der Waals surface area contributed by atoms with E-state index in [0.717, 1.165) is 89.9 Å². The van der Waals surface area contributed by atoms with E-state index in [1.54, 1.807) is 0 Å². The maximum absolute atomic E-state index is 12.8. The first-order chi connectivity index (χ1) is 33.0. The van der Waals surface area contributed by atoms with E-state index < -0.39 is 6.10 Å². The Bertz CT molecular complexity index is 1210. The lowest BCUT2D eigenvalue weighted by molar-refractivity contribution is -0.167. The van der Waals surface area contributed by atoms with Crippen molar-refractivity contribution in [3.63, 3.8) is 0 Å². The Morgan fingerprint density at radius 2 is 0.582 bits per heavy atom. The third-order valence-electron chi connectivity index (χ3n) is 12.5. The second kappa shape index (κ2) is 55.7. The van der Waals surface area contributed by atoms with E-state index in [2.05, 4.69) is 81.5 Å². The van der Waals surface area contributed by atoms with Crippen molar-refractivity contribution in [2.24, 2.45) is 0 Å². The number of unbranched alkanes of at least 4 members (excludes halogenated alkanes) is 31. The summed E-state index contributed by atoms with van der Waals surface area (Å²) in [6.07, 6.45) is 69.4. The molecule has 0 aliphatic carbocycles. The lowest BCUT2D eigenvalue weighted by atomic mass is 10.0. The van der Waals surface area contributed by atoms with Gasteiger partial charge in [0.2, 0.25) is 0 Å². The van der Waals surface area contributed by atoms with Gasteiger partial charge in [0.25, 0.3) is 0 Å². The van der Waals surface area contributed by atoms with Gasteiger partial charge in [0.15, 0.2) is 6.10 Å². The molecule has 0 heterocycles. The maximum Gasteiger partial charge on any atom is 0.306 e. The van der Waals surface area contributed by atoms with Crippen LogP contribution in [0.2, 0.25) is 0 Å². The molecule has 0 aromatic rings. The van der Waals surface area contributed by atoms with E-state index in [9.17, 15) is 14.4 Å². The minimum absolute atomic E-state index is 0.0742. The van der Waals surface area contributed by atoms with Crippen LogP contribution >= 0.6 is 0 Å². The molecule has 0 fully saturated rings. The van der Waals surface area contributed by atoms with Crippen LogP contribution in [0.1, 0.15) is 290 Å². The molecule has 0 aromatic heterocycles. The molecule has 6 heteroatoms. The van der Waals surface area contributed by atoms with Crippen molar-refractivity contribution in [3.8, 4) is 0 Å². The van der Waals surface area contributed by atoms with Gasteiger partial charge in [0.1, 0.15) is 13.2 Å². The molecule has 1 unspecified atom stereocenters. The zero-order valence-corrected chi connectivity index (χ0v) is 44.4. The molecule has 67 heavy (non-hydrogen) atoms. The minimum atomic E-state index is -0.774. The number of esters is 3. The fraction of sp³-hybridized carbons (Fsp3) is 0.787. The largest absolute Gasteiger partial charge is 0.462 e. The van der Waals surface area contributed by atoms with Crippen LogP contribution in [-0.2, 0) is 28.6 Å². The third kappa shape index (κ3) is 53.9. The second-order valence-corrected chi connectivity index (χ2v) is 19.2. The van der Waals surface area contributed by atoms with Crippen LogP contribution < -0.4 is 0 Å². The van der Waals surface area contributed by atoms with Crippen molar-refractivity contribution in [1.82, 2.24) is 0 Å². The highest BCUT2D eigenvalue weighted by molar-refractivity contribution is 5.71. The van der Waals surface area contributed by atoms with E-state index in [4.69, 9.17) is 14.2 Å². The average molecular weight is 938 g/mol. The molecule has 0 spiro atoms. The summed E-state index contributed by atoms with van der Waals surface area (Å²) < 4.78 is 16.8. The Kier molecular flexibility index (Phi) is 53.3. The molecule has 0 bridgehead atoms. The maximum atomic E-state index is 12.8. The quantitative estimate of drug-likeness (QED) is 0.0262. The van der Waals surface area contributed by atoms with Gasteiger partial charge in [-0.2, -0.15) is 0 Å². The highest BCUT2D eigenvalue weighted by Gasteiger charge is 2.19. The molecule has 0 N–H and O–H groups in total. The Morgan fingerprint density at radius 3 is 0.940 bits per heavy atom. The van der Waals surface area contributed by atoms with Gasteiger partial charge in [-0.3, -0.25) is 14.4 Å². The van der Waals surface area contributed by atoms with Crippen molar-refractivity contribution in [3.05, 3.63) is 60.8 Å². The van der Waals surface area contributed by atoms with Crippen molar-refractivity contribution < 1.29 is 28.6 Å². The van der Waals surface area contributed by atoms with E-state index in [-0.39, 0.29) is 31.1 Å². The van der Waals surface area contributed by atoms with Gasteiger partial charge >= 0.3 is 17.9 Å². The van der Waals surface area contributed by atoms with E-state index in [0.29, 0.717) is 19.3 Å². The topological polar surface area (TPSA) is 78.9 Å². The highest BCUT2D eigenvalue weighted by Crippen LogP contribution is 2.16. The zero-order valence-electron chi connectivity index (χ0n) is 44.4. The smallest absolute Gasteiger partial charge is 0.306 e. The fourth-order valence-electron chi connectivity index (χ4n) is 8.19. The van der Waals surface area contributed by atoms with Gasteiger partial charge in [-0.05, 0) is 83.5 Å². The Labute approximate surface area is 415 Å². The minimum Gasteiger partial charge on any atom is -0.462 e. The SMILES string of the molecule is CC/C=C\C/C=C\C/C=C\C/C=C\CCCCCCCCCCCCCCCCC(=O)OCC(COC(=O)CCCCCCCCCCC)OC(=O)CCCCCCC/C=C\CCCCCC. The third-order valence-corrected chi connectivity index (χ3v) is 12.5. The molecule has 0 aliphatic rings. The number of ether oxygens (including phenoxy) is 3. The summed E-state index contributed by atoms with van der Waals surface area (Å²) in [5.41, 5.74) is 0. The van der Waals surface area contributed by atoms with Gasteiger partial charge in [-0.15, -0.1) is 0 Å². The van der Waals surface area contributed by atoms with Gasteiger partial charge in [0.05, 0.1) is 0 Å². The first-order valence-electron chi connectivity index (χ1n) is 28.8. The number of hydrogen-bond donors (Lipinski definition) is 0. The predicted molar refractivity (Wildman–Crippen MR) is 288 cm³/mol. The van der Waals surface area contributed by atoms with Gasteiger partial charge in [0, 0.05) is 19.3 Å². The van der Waals surface area contributed by atoms with Crippen LogP contribution in [0.5, 0.6) is 0 Å². The predicted octanol–water partition coefficient (Wildman–Crippen LogP) is 19.2. The van der Waals surface area contributed by atoms with Crippen LogP contribution in [0, 0.1) is 0 Å². The zero-order chi connectivity index (χ0) is 48.6. The lowest BCUT2D eigenvalue weighted by Crippen LogP contribution is -2.30. The van der Waals surface area contributed by atoms with Gasteiger partial charge in [-0.1, -0.05) is 248 Å². The number of rotatable bonds is 52. The molecule has 0 saturated heterocycles. The van der Waals surface area contributed by atoms with Gasteiger partial charge < -0.3 is 14.2 Å². The molecule has 0 radical (unpaired) electrons. The van der Waals surface area contributed by atoms with Gasteiger partial charge in [-0.25, -0.2) is 0 Å². The fourth-order valence-corrected chi connectivity index (χ4v) is 8.19. The van der Waals surface area contributed by atoms with Crippen LogP contribution in [-0.4, -0.2) is 37.2 Å². The van der Waals surface area contributed by atoms with Crippen molar-refractivity contribution in [2.45, 2.75) is 297 Å². The molecular formula is C61H108O6. The number of allylic oxidation sites excluding steroid dienone is 10. The van der Waals surface area contributed by atoms with Crippen LogP contribution in [0.25, 0.3) is 0 Å². The van der Waals surface area contributed by atoms with Crippen LogP contribution in [0.4, 0.5) is 0 Å². The molecule has 0 amide bonds. The second-order valence-electron chi connectivity index (χ2n) is 19.2. The summed E-state index contributed by atoms with van der Waals surface area (Å²) >= 11 is 0.